The summed E-state index contributed by atoms with van der Waals surface area (Å²) in [5.74, 6) is 1.37. The quantitative estimate of drug-likeness (QED) is 0.650. The number of hydrogen-bond acceptors (Lipinski definition) is 2. The van der Waals surface area contributed by atoms with Crippen LogP contribution in [-0.2, 0) is 0 Å². The van der Waals surface area contributed by atoms with Gasteiger partial charge in [-0.25, -0.2) is 0 Å². The van der Waals surface area contributed by atoms with Crippen molar-refractivity contribution in [2.24, 2.45) is 4.99 Å². The first-order chi connectivity index (χ1) is 6.16. The first-order valence-corrected chi connectivity index (χ1v) is 4.37. The third-order valence-corrected chi connectivity index (χ3v) is 2.07. The summed E-state index contributed by atoms with van der Waals surface area (Å²) in [6.45, 7) is 9.73. The monoisotopic (exact) mass is 177 g/mol. The molecule has 0 amide bonds. The Morgan fingerprint density at radius 1 is 1.54 bits per heavy atom. The maximum Gasteiger partial charge on any atom is 0.131 e. The van der Waals surface area contributed by atoms with Crippen LogP contribution in [0.15, 0.2) is 21.9 Å². The normalized spacial score (nSPS) is 11.4. The Bertz CT molecular complexity index is 321. The van der Waals surface area contributed by atoms with Crippen LogP contribution in [0.2, 0.25) is 0 Å². The van der Waals surface area contributed by atoms with E-state index in [4.69, 9.17) is 4.42 Å². The van der Waals surface area contributed by atoms with E-state index in [9.17, 15) is 0 Å². The first kappa shape index (κ1) is 9.78. The summed E-state index contributed by atoms with van der Waals surface area (Å²) in [6, 6.07) is 0. The molecule has 1 aromatic rings. The second kappa shape index (κ2) is 4.08. The van der Waals surface area contributed by atoms with E-state index in [1.807, 2.05) is 12.3 Å². The van der Waals surface area contributed by atoms with Crippen LogP contribution < -0.4 is 0 Å². The Labute approximate surface area is 79.0 Å². The van der Waals surface area contributed by atoms with Crippen LogP contribution >= 0.6 is 0 Å². The molecule has 0 aliphatic rings. The second-order valence-electron chi connectivity index (χ2n) is 3.33. The van der Waals surface area contributed by atoms with Crippen molar-refractivity contribution < 1.29 is 4.42 Å². The highest BCUT2D eigenvalue weighted by atomic mass is 16.3. The van der Waals surface area contributed by atoms with Crippen molar-refractivity contribution in [3.05, 3.63) is 29.4 Å². The number of hydrogen-bond donors (Lipinski definition) is 0. The molecule has 0 atom stereocenters. The smallest absolute Gasteiger partial charge is 0.131 e. The maximum absolute atomic E-state index is 5.38. The van der Waals surface area contributed by atoms with Gasteiger partial charge in [0, 0.05) is 6.20 Å². The van der Waals surface area contributed by atoms with Crippen molar-refractivity contribution in [1.29, 1.82) is 0 Å². The van der Waals surface area contributed by atoms with E-state index in [1.54, 1.807) is 6.20 Å². The van der Waals surface area contributed by atoms with Crippen molar-refractivity contribution in [3.63, 3.8) is 0 Å². The lowest BCUT2D eigenvalue weighted by Gasteiger charge is -2.00. The van der Waals surface area contributed by atoms with Crippen LogP contribution in [0.25, 0.3) is 6.08 Å². The van der Waals surface area contributed by atoms with E-state index < -0.39 is 0 Å². The zero-order chi connectivity index (χ0) is 9.84. The summed E-state index contributed by atoms with van der Waals surface area (Å²) in [5, 5.41) is 0. The van der Waals surface area contributed by atoms with E-state index in [2.05, 4.69) is 32.5 Å². The highest BCUT2D eigenvalue weighted by molar-refractivity contribution is 5.50. The van der Waals surface area contributed by atoms with Crippen LogP contribution in [0.3, 0.4) is 0 Å². The minimum atomic E-state index is 0.502. The van der Waals surface area contributed by atoms with Gasteiger partial charge in [-0.2, -0.15) is 0 Å². The van der Waals surface area contributed by atoms with Gasteiger partial charge in [-0.1, -0.05) is 13.8 Å². The number of rotatable bonds is 3. The molecule has 0 N–H and O–H groups in total. The molecule has 13 heavy (non-hydrogen) atoms. The lowest BCUT2D eigenvalue weighted by Crippen LogP contribution is -1.86. The molecule has 70 valence electrons. The lowest BCUT2D eigenvalue weighted by atomic mass is 10.0. The van der Waals surface area contributed by atoms with Gasteiger partial charge in [0.2, 0.25) is 0 Å². The van der Waals surface area contributed by atoms with E-state index in [0.717, 1.165) is 5.76 Å². The third kappa shape index (κ3) is 2.08. The van der Waals surface area contributed by atoms with Gasteiger partial charge in [-0.15, -0.1) is 0 Å². The lowest BCUT2D eigenvalue weighted by molar-refractivity contribution is 0.550. The molecule has 0 saturated heterocycles. The van der Waals surface area contributed by atoms with E-state index >= 15 is 0 Å². The molecule has 0 aliphatic carbocycles. The molecule has 0 aromatic carbocycles. The molecule has 1 heterocycles. The zero-order valence-electron chi connectivity index (χ0n) is 8.37. The number of aliphatic imine (C=N–C) groups is 1. The van der Waals surface area contributed by atoms with Crippen molar-refractivity contribution in [2.45, 2.75) is 26.7 Å². The molecule has 0 aliphatic heterocycles. The summed E-state index contributed by atoms with van der Waals surface area (Å²) in [7, 11) is 0. The van der Waals surface area contributed by atoms with Crippen molar-refractivity contribution in [1.82, 2.24) is 0 Å². The largest absolute Gasteiger partial charge is 0.464 e. The summed E-state index contributed by atoms with van der Waals surface area (Å²) >= 11 is 0. The average Bonchev–Trinajstić information content (AvgIpc) is 2.43. The van der Waals surface area contributed by atoms with Crippen LogP contribution in [0.1, 0.15) is 36.7 Å². The zero-order valence-corrected chi connectivity index (χ0v) is 8.37. The van der Waals surface area contributed by atoms with Gasteiger partial charge in [0.1, 0.15) is 5.76 Å². The molecular formula is C11H15NO. The summed E-state index contributed by atoms with van der Waals surface area (Å²) in [5.41, 5.74) is 2.44. The minimum absolute atomic E-state index is 0.502. The fourth-order valence-electron chi connectivity index (χ4n) is 1.30. The molecule has 0 bridgehead atoms. The first-order valence-electron chi connectivity index (χ1n) is 4.37. The topological polar surface area (TPSA) is 25.5 Å². The van der Waals surface area contributed by atoms with Gasteiger partial charge in [0.15, 0.2) is 0 Å². The molecule has 0 spiro atoms. The van der Waals surface area contributed by atoms with E-state index in [-0.39, 0.29) is 0 Å². The minimum Gasteiger partial charge on any atom is -0.464 e. The van der Waals surface area contributed by atoms with Crippen molar-refractivity contribution in [3.8, 4) is 0 Å². The maximum atomic E-state index is 5.38. The molecule has 1 rings (SSSR count). The molecule has 0 fully saturated rings. The molecule has 2 heteroatoms. The Kier molecular flexibility index (Phi) is 3.07. The van der Waals surface area contributed by atoms with E-state index in [0.29, 0.717) is 5.92 Å². The van der Waals surface area contributed by atoms with Crippen LogP contribution in [0.5, 0.6) is 0 Å². The average molecular weight is 177 g/mol. The Balaban J connectivity index is 2.99. The van der Waals surface area contributed by atoms with Crippen LogP contribution in [0, 0.1) is 6.92 Å². The van der Waals surface area contributed by atoms with Gasteiger partial charge < -0.3 is 4.42 Å². The molecule has 0 saturated carbocycles. The fraction of sp³-hybridized carbons (Fsp3) is 0.364. The van der Waals surface area contributed by atoms with Crippen molar-refractivity contribution >= 4 is 12.8 Å². The number of nitrogens with zero attached hydrogens (tertiary/aromatic N) is 1. The van der Waals surface area contributed by atoms with Gasteiger partial charge in [0.25, 0.3) is 0 Å². The fourth-order valence-corrected chi connectivity index (χ4v) is 1.30. The molecule has 2 nitrogen and oxygen atoms in total. The molecular weight excluding hydrogens is 162 g/mol. The third-order valence-electron chi connectivity index (χ3n) is 2.07. The highest BCUT2D eigenvalue weighted by Gasteiger charge is 2.09. The van der Waals surface area contributed by atoms with Gasteiger partial charge in [-0.3, -0.25) is 4.99 Å². The van der Waals surface area contributed by atoms with Crippen molar-refractivity contribution in [2.75, 3.05) is 0 Å². The van der Waals surface area contributed by atoms with Gasteiger partial charge in [-0.05, 0) is 36.8 Å². The Morgan fingerprint density at radius 3 is 2.69 bits per heavy atom. The predicted molar refractivity (Wildman–Crippen MR) is 56.1 cm³/mol. The second-order valence-corrected chi connectivity index (χ2v) is 3.33. The molecule has 0 unspecified atom stereocenters. The summed E-state index contributed by atoms with van der Waals surface area (Å²) in [4.78, 5) is 3.64. The highest BCUT2D eigenvalue weighted by Crippen LogP contribution is 2.24. The number of furan rings is 1. The van der Waals surface area contributed by atoms with Crippen LogP contribution in [0.4, 0.5) is 0 Å². The molecule has 1 aromatic heterocycles. The SMILES string of the molecule is C=N/C=C\c1occ(C(C)C)c1C. The predicted octanol–water partition coefficient (Wildman–Crippen LogP) is 3.38. The summed E-state index contributed by atoms with van der Waals surface area (Å²) < 4.78 is 5.38. The standard InChI is InChI=1S/C11H15NO/c1-8(2)10-7-13-11(9(10)3)5-6-12-4/h5-8H,4H2,1-3H3/b6-5-. The van der Waals surface area contributed by atoms with Crippen LogP contribution in [-0.4, -0.2) is 6.72 Å². The van der Waals surface area contributed by atoms with Gasteiger partial charge in [0.05, 0.1) is 6.26 Å². The summed E-state index contributed by atoms with van der Waals surface area (Å²) in [6.07, 6.45) is 5.27. The van der Waals surface area contributed by atoms with E-state index in [1.165, 1.54) is 11.1 Å². The Morgan fingerprint density at radius 2 is 2.23 bits per heavy atom. The van der Waals surface area contributed by atoms with Gasteiger partial charge >= 0.3 is 0 Å². The molecule has 0 radical (unpaired) electrons. The Hall–Kier alpha value is -1.31.